The standard InChI is InChI=1S/C11H19F3N2/c1-7(2)16-9-4-10(16)6-15(5-9)8(3)11(12,13)14/h7-10H,4-6H2,1-3H3. The Morgan fingerprint density at radius 2 is 1.56 bits per heavy atom. The smallest absolute Gasteiger partial charge is 0.292 e. The van der Waals surface area contributed by atoms with Gasteiger partial charge in [-0.3, -0.25) is 9.80 Å². The van der Waals surface area contributed by atoms with Gasteiger partial charge in [-0.15, -0.1) is 0 Å². The van der Waals surface area contributed by atoms with Crippen molar-refractivity contribution >= 4 is 0 Å². The summed E-state index contributed by atoms with van der Waals surface area (Å²) in [7, 11) is 0. The number of piperazine rings is 1. The molecule has 3 heterocycles. The third-order valence-corrected chi connectivity index (χ3v) is 3.90. The number of piperidine rings is 1. The van der Waals surface area contributed by atoms with Crippen LogP contribution >= 0.6 is 0 Å². The lowest BCUT2D eigenvalue weighted by molar-refractivity contribution is -0.202. The van der Waals surface area contributed by atoms with Crippen molar-refractivity contribution in [1.29, 1.82) is 0 Å². The first kappa shape index (κ1) is 12.2. The number of nitrogens with zero attached hydrogens (tertiary/aromatic N) is 2. The Hall–Kier alpha value is -0.290. The highest BCUT2D eigenvalue weighted by Gasteiger charge is 2.50. The van der Waals surface area contributed by atoms with Gasteiger partial charge in [-0.25, -0.2) is 0 Å². The van der Waals surface area contributed by atoms with E-state index in [1.807, 2.05) is 0 Å². The molecule has 2 bridgehead atoms. The Labute approximate surface area is 94.4 Å². The third-order valence-electron chi connectivity index (χ3n) is 3.90. The minimum absolute atomic E-state index is 0.337. The molecule has 3 aliphatic heterocycles. The van der Waals surface area contributed by atoms with Gasteiger partial charge in [0.1, 0.15) is 6.04 Å². The van der Waals surface area contributed by atoms with E-state index in [4.69, 9.17) is 0 Å². The summed E-state index contributed by atoms with van der Waals surface area (Å²) >= 11 is 0. The van der Waals surface area contributed by atoms with E-state index in [2.05, 4.69) is 18.7 Å². The molecular weight excluding hydrogens is 217 g/mol. The second kappa shape index (κ2) is 3.88. The van der Waals surface area contributed by atoms with Crippen LogP contribution in [0.3, 0.4) is 0 Å². The zero-order chi connectivity index (χ0) is 12.1. The highest BCUT2D eigenvalue weighted by Crippen LogP contribution is 2.37. The van der Waals surface area contributed by atoms with Crippen LogP contribution in [0.4, 0.5) is 13.2 Å². The summed E-state index contributed by atoms with van der Waals surface area (Å²) < 4.78 is 37.7. The molecule has 0 aliphatic carbocycles. The van der Waals surface area contributed by atoms with E-state index >= 15 is 0 Å². The lowest BCUT2D eigenvalue weighted by Crippen LogP contribution is -2.72. The molecule has 3 unspecified atom stereocenters. The monoisotopic (exact) mass is 236 g/mol. The van der Waals surface area contributed by atoms with Crippen molar-refractivity contribution in [3.05, 3.63) is 0 Å². The first-order valence-corrected chi connectivity index (χ1v) is 5.89. The maximum atomic E-state index is 12.6. The molecule has 0 radical (unpaired) electrons. The van der Waals surface area contributed by atoms with Gasteiger partial charge in [0, 0.05) is 31.2 Å². The van der Waals surface area contributed by atoms with Crippen LogP contribution in [-0.4, -0.2) is 53.2 Å². The average molecular weight is 236 g/mol. The van der Waals surface area contributed by atoms with E-state index in [0.29, 0.717) is 31.2 Å². The minimum Gasteiger partial charge on any atom is -0.292 e. The van der Waals surface area contributed by atoms with Crippen LogP contribution in [0.5, 0.6) is 0 Å². The number of alkyl halides is 3. The number of rotatable bonds is 2. The number of fused-ring (bicyclic) bond motifs is 2. The molecule has 0 aromatic rings. The Balaban J connectivity index is 1.96. The average Bonchev–Trinajstić information content (AvgIpc) is 2.14. The highest BCUT2D eigenvalue weighted by atomic mass is 19.4. The van der Waals surface area contributed by atoms with Gasteiger partial charge in [0.25, 0.3) is 0 Å². The van der Waals surface area contributed by atoms with Crippen molar-refractivity contribution in [3.8, 4) is 0 Å². The molecule has 0 spiro atoms. The van der Waals surface area contributed by atoms with Gasteiger partial charge in [0.2, 0.25) is 0 Å². The van der Waals surface area contributed by atoms with E-state index in [-0.39, 0.29) is 0 Å². The molecular formula is C11H19F3N2. The Morgan fingerprint density at radius 1 is 1.06 bits per heavy atom. The van der Waals surface area contributed by atoms with E-state index in [1.54, 1.807) is 4.90 Å². The zero-order valence-electron chi connectivity index (χ0n) is 9.96. The van der Waals surface area contributed by atoms with Gasteiger partial charge in [-0.2, -0.15) is 13.2 Å². The molecule has 5 heteroatoms. The molecule has 0 amide bonds. The van der Waals surface area contributed by atoms with E-state index in [0.717, 1.165) is 6.42 Å². The summed E-state index contributed by atoms with van der Waals surface area (Å²) in [6, 6.07) is -0.175. The van der Waals surface area contributed by atoms with Gasteiger partial charge in [0.15, 0.2) is 0 Å². The van der Waals surface area contributed by atoms with Crippen molar-refractivity contribution in [2.24, 2.45) is 0 Å². The van der Waals surface area contributed by atoms with Gasteiger partial charge in [0.05, 0.1) is 0 Å². The summed E-state index contributed by atoms with van der Waals surface area (Å²) in [5, 5.41) is 0. The lowest BCUT2D eigenvalue weighted by atomic mass is 9.85. The molecule has 3 atom stereocenters. The van der Waals surface area contributed by atoms with E-state index in [9.17, 15) is 13.2 Å². The zero-order valence-corrected chi connectivity index (χ0v) is 9.96. The Kier molecular flexibility index (Phi) is 2.95. The fourth-order valence-corrected chi connectivity index (χ4v) is 3.04. The molecule has 0 aromatic heterocycles. The lowest BCUT2D eigenvalue weighted by Gasteiger charge is -2.59. The summed E-state index contributed by atoms with van der Waals surface area (Å²) in [4.78, 5) is 3.93. The number of hydrogen-bond donors (Lipinski definition) is 0. The third kappa shape index (κ3) is 1.95. The molecule has 3 fully saturated rings. The van der Waals surface area contributed by atoms with E-state index < -0.39 is 12.2 Å². The molecule has 2 nitrogen and oxygen atoms in total. The highest BCUT2D eigenvalue weighted by molar-refractivity contribution is 5.03. The van der Waals surface area contributed by atoms with Crippen LogP contribution < -0.4 is 0 Å². The van der Waals surface area contributed by atoms with E-state index in [1.165, 1.54) is 6.92 Å². The summed E-state index contributed by atoms with van der Waals surface area (Å²) in [6.07, 6.45) is -3.02. The Morgan fingerprint density at radius 3 is 1.94 bits per heavy atom. The molecule has 16 heavy (non-hydrogen) atoms. The summed E-state index contributed by atoms with van der Waals surface area (Å²) in [5.74, 6) is 0. The molecule has 0 N–H and O–H groups in total. The maximum absolute atomic E-state index is 12.6. The van der Waals surface area contributed by atoms with Crippen LogP contribution in [-0.2, 0) is 0 Å². The fourth-order valence-electron chi connectivity index (χ4n) is 3.04. The Bertz CT molecular complexity index is 252. The predicted octanol–water partition coefficient (Wildman–Crippen LogP) is 2.10. The maximum Gasteiger partial charge on any atom is 0.403 e. The fraction of sp³-hybridized carbons (Fsp3) is 1.00. The van der Waals surface area contributed by atoms with Crippen molar-refractivity contribution in [2.75, 3.05) is 13.1 Å². The van der Waals surface area contributed by atoms with Gasteiger partial charge in [-0.05, 0) is 27.2 Å². The first-order valence-electron chi connectivity index (χ1n) is 5.89. The van der Waals surface area contributed by atoms with Crippen molar-refractivity contribution in [3.63, 3.8) is 0 Å². The van der Waals surface area contributed by atoms with Crippen molar-refractivity contribution in [2.45, 2.75) is 57.5 Å². The molecule has 3 rings (SSSR count). The van der Waals surface area contributed by atoms with Crippen LogP contribution in [0.1, 0.15) is 27.2 Å². The molecule has 3 saturated heterocycles. The SMILES string of the molecule is CC(C)N1C2CC1CN(C(C)C(F)(F)F)C2. The molecule has 0 saturated carbocycles. The normalized spacial score (nSPS) is 33.9. The van der Waals surface area contributed by atoms with Crippen molar-refractivity contribution < 1.29 is 13.2 Å². The van der Waals surface area contributed by atoms with Crippen LogP contribution in [0.25, 0.3) is 0 Å². The van der Waals surface area contributed by atoms with Crippen LogP contribution in [0.2, 0.25) is 0 Å². The second-order valence-electron chi connectivity index (χ2n) is 5.26. The predicted molar refractivity (Wildman–Crippen MR) is 56.3 cm³/mol. The molecule has 0 aromatic carbocycles. The number of hydrogen-bond acceptors (Lipinski definition) is 2. The van der Waals surface area contributed by atoms with Gasteiger partial charge in [-0.1, -0.05) is 0 Å². The topological polar surface area (TPSA) is 6.48 Å². The first-order chi connectivity index (χ1) is 7.30. The van der Waals surface area contributed by atoms with Gasteiger partial charge < -0.3 is 0 Å². The van der Waals surface area contributed by atoms with Crippen LogP contribution in [0.15, 0.2) is 0 Å². The molecule has 94 valence electrons. The molecule has 3 aliphatic rings. The summed E-state index contributed by atoms with van der Waals surface area (Å²) in [5.41, 5.74) is 0. The van der Waals surface area contributed by atoms with Crippen LogP contribution in [0, 0.1) is 0 Å². The summed E-state index contributed by atoms with van der Waals surface area (Å²) in [6.45, 7) is 6.62. The largest absolute Gasteiger partial charge is 0.403 e. The van der Waals surface area contributed by atoms with Gasteiger partial charge >= 0.3 is 6.18 Å². The quantitative estimate of drug-likeness (QED) is 0.724. The minimum atomic E-state index is -4.09. The number of halogens is 3. The van der Waals surface area contributed by atoms with Crippen molar-refractivity contribution in [1.82, 2.24) is 9.80 Å². The second-order valence-corrected chi connectivity index (χ2v) is 5.26.